The topological polar surface area (TPSA) is 78.7 Å². The van der Waals surface area contributed by atoms with Gasteiger partial charge in [0.25, 0.3) is 0 Å². The molecule has 1 amide bonds. The second-order valence-corrected chi connectivity index (χ2v) is 8.42. The van der Waals surface area contributed by atoms with E-state index in [-0.39, 0.29) is 5.91 Å². The highest BCUT2D eigenvalue weighted by atomic mass is 32.1. The van der Waals surface area contributed by atoms with Gasteiger partial charge in [-0.15, -0.1) is 11.3 Å². The summed E-state index contributed by atoms with van der Waals surface area (Å²) in [6.07, 6.45) is 0.330. The van der Waals surface area contributed by atoms with Crippen molar-refractivity contribution >= 4 is 28.9 Å². The van der Waals surface area contributed by atoms with E-state index in [1.165, 1.54) is 9.75 Å². The number of thiophene rings is 1. The first-order chi connectivity index (χ1) is 13.6. The van der Waals surface area contributed by atoms with Gasteiger partial charge in [0.1, 0.15) is 0 Å². The zero-order chi connectivity index (χ0) is 21.3. The van der Waals surface area contributed by atoms with Gasteiger partial charge in [0, 0.05) is 48.6 Å². The maximum atomic E-state index is 12.5. The Morgan fingerprint density at radius 2 is 2.03 bits per heavy atom. The molecule has 0 aliphatic carbocycles. The van der Waals surface area contributed by atoms with Crippen molar-refractivity contribution in [2.75, 3.05) is 11.4 Å². The maximum Gasteiger partial charge on any atom is 0.490 e. The van der Waals surface area contributed by atoms with E-state index in [1.807, 2.05) is 29.5 Å². The molecule has 4 heterocycles. The van der Waals surface area contributed by atoms with Crippen LogP contribution in [0.15, 0.2) is 24.5 Å². The van der Waals surface area contributed by atoms with Crippen molar-refractivity contribution in [3.63, 3.8) is 0 Å². The largest absolute Gasteiger partial charge is 0.490 e. The minimum Gasteiger partial charge on any atom is -0.475 e. The first-order valence-electron chi connectivity index (χ1n) is 8.96. The molecule has 2 aliphatic heterocycles. The summed E-state index contributed by atoms with van der Waals surface area (Å²) in [7, 11) is 1.89. The SMILES string of the molecule is Cc1ccc(CN2CC[C@H]3[C@H]2CC(=O)N3c2cnn(C)c2)s1.O=C(O)C(F)(F)F. The number of aromatic nitrogens is 2. The fourth-order valence-electron chi connectivity index (χ4n) is 3.76. The summed E-state index contributed by atoms with van der Waals surface area (Å²) >= 11 is 1.86. The summed E-state index contributed by atoms with van der Waals surface area (Å²) < 4.78 is 33.5. The lowest BCUT2D eigenvalue weighted by Gasteiger charge is -2.24. The number of amides is 1. The molecule has 29 heavy (non-hydrogen) atoms. The summed E-state index contributed by atoms with van der Waals surface area (Å²) in [5.74, 6) is -2.53. The molecule has 2 fully saturated rings. The van der Waals surface area contributed by atoms with Crippen molar-refractivity contribution in [3.8, 4) is 0 Å². The van der Waals surface area contributed by atoms with Crippen LogP contribution in [0.1, 0.15) is 22.6 Å². The Bertz CT molecular complexity index is 895. The molecule has 2 aliphatic rings. The van der Waals surface area contributed by atoms with Crippen LogP contribution < -0.4 is 4.90 Å². The molecule has 0 bridgehead atoms. The van der Waals surface area contributed by atoms with Crippen LogP contribution in [0.3, 0.4) is 0 Å². The highest BCUT2D eigenvalue weighted by molar-refractivity contribution is 7.11. The number of hydrogen-bond donors (Lipinski definition) is 1. The quantitative estimate of drug-likeness (QED) is 0.810. The van der Waals surface area contributed by atoms with E-state index in [9.17, 15) is 18.0 Å². The van der Waals surface area contributed by atoms with Crippen molar-refractivity contribution in [2.24, 2.45) is 7.05 Å². The van der Waals surface area contributed by atoms with E-state index < -0.39 is 12.1 Å². The van der Waals surface area contributed by atoms with Gasteiger partial charge in [0.15, 0.2) is 0 Å². The van der Waals surface area contributed by atoms with Crippen LogP contribution in [0.4, 0.5) is 18.9 Å². The molecule has 4 rings (SSSR count). The Hall–Kier alpha value is -2.40. The van der Waals surface area contributed by atoms with Crippen molar-refractivity contribution in [3.05, 3.63) is 34.3 Å². The monoisotopic (exact) mass is 430 g/mol. The van der Waals surface area contributed by atoms with Gasteiger partial charge in [-0.3, -0.25) is 14.4 Å². The van der Waals surface area contributed by atoms with E-state index >= 15 is 0 Å². The molecule has 158 valence electrons. The molecule has 2 aromatic rings. The van der Waals surface area contributed by atoms with Crippen molar-refractivity contribution < 1.29 is 27.9 Å². The molecule has 2 aromatic heterocycles. The predicted octanol–water partition coefficient (Wildman–Crippen LogP) is 2.80. The number of anilines is 1. The number of carbonyl (C=O) groups is 2. The molecule has 0 saturated carbocycles. The second-order valence-electron chi connectivity index (χ2n) is 7.05. The van der Waals surface area contributed by atoms with Crippen LogP contribution in [0, 0.1) is 6.92 Å². The van der Waals surface area contributed by atoms with Crippen LogP contribution in [-0.2, 0) is 23.2 Å². The predicted molar refractivity (Wildman–Crippen MR) is 101 cm³/mol. The Morgan fingerprint density at radius 3 is 2.55 bits per heavy atom. The molecule has 0 radical (unpaired) electrons. The maximum absolute atomic E-state index is 12.5. The highest BCUT2D eigenvalue weighted by Crippen LogP contribution is 2.37. The van der Waals surface area contributed by atoms with Gasteiger partial charge in [-0.05, 0) is 25.5 Å². The normalized spacial score (nSPS) is 21.8. The molecule has 7 nitrogen and oxygen atoms in total. The lowest BCUT2D eigenvalue weighted by molar-refractivity contribution is -0.192. The molecular formula is C18H21F3N4O3S. The van der Waals surface area contributed by atoms with Crippen molar-refractivity contribution in [2.45, 2.75) is 44.6 Å². The average molecular weight is 430 g/mol. The molecule has 0 spiro atoms. The molecule has 2 saturated heterocycles. The summed E-state index contributed by atoms with van der Waals surface area (Å²) in [5.41, 5.74) is 0.939. The first kappa shape index (κ1) is 21.3. The first-order valence-corrected chi connectivity index (χ1v) is 9.78. The Morgan fingerprint density at radius 1 is 1.34 bits per heavy atom. The zero-order valence-electron chi connectivity index (χ0n) is 15.9. The number of carbonyl (C=O) groups excluding carboxylic acids is 1. The Kier molecular flexibility index (Phi) is 5.99. The summed E-state index contributed by atoms with van der Waals surface area (Å²) in [5, 5.41) is 11.3. The van der Waals surface area contributed by atoms with Gasteiger partial charge in [-0.25, -0.2) is 4.79 Å². The van der Waals surface area contributed by atoms with E-state index in [0.717, 1.165) is 25.2 Å². The van der Waals surface area contributed by atoms with E-state index in [2.05, 4.69) is 29.1 Å². The zero-order valence-corrected chi connectivity index (χ0v) is 16.7. The van der Waals surface area contributed by atoms with Crippen LogP contribution >= 0.6 is 11.3 Å². The molecule has 0 aromatic carbocycles. The van der Waals surface area contributed by atoms with E-state index in [0.29, 0.717) is 18.5 Å². The Balaban J connectivity index is 0.000000298. The lowest BCUT2D eigenvalue weighted by atomic mass is 10.1. The number of aryl methyl sites for hydroxylation is 2. The van der Waals surface area contributed by atoms with Crippen LogP contribution in [-0.4, -0.2) is 56.5 Å². The van der Waals surface area contributed by atoms with E-state index in [1.54, 1.807) is 10.9 Å². The molecule has 1 N–H and O–H groups in total. The standard InChI is InChI=1S/C16H20N4OS.C2HF3O2/c1-11-3-4-13(22-11)10-19-6-5-14-15(19)7-16(21)20(14)12-8-17-18(2)9-12;3-2(4,5)1(6)7/h3-4,8-9,14-15H,5-7,10H2,1-2H3;(H,6,7)/t14-,15+;/m0./s1. The van der Waals surface area contributed by atoms with Crippen LogP contribution in [0.2, 0.25) is 0 Å². The number of hydrogen-bond acceptors (Lipinski definition) is 5. The van der Waals surface area contributed by atoms with Gasteiger partial charge >= 0.3 is 12.1 Å². The summed E-state index contributed by atoms with van der Waals surface area (Å²) in [6.45, 7) is 4.17. The lowest BCUT2D eigenvalue weighted by Crippen LogP contribution is -2.36. The summed E-state index contributed by atoms with van der Waals surface area (Å²) in [4.78, 5) is 28.6. The number of aliphatic carboxylic acids is 1. The number of alkyl halides is 3. The number of rotatable bonds is 3. The second kappa shape index (κ2) is 8.15. The number of nitrogens with zero attached hydrogens (tertiary/aromatic N) is 4. The minimum absolute atomic E-state index is 0.232. The van der Waals surface area contributed by atoms with Gasteiger partial charge < -0.3 is 10.0 Å². The average Bonchev–Trinajstić information content (AvgIpc) is 3.36. The molecule has 2 atom stereocenters. The third kappa shape index (κ3) is 4.78. The number of carboxylic acid groups (broad SMARTS) is 1. The van der Waals surface area contributed by atoms with Gasteiger partial charge in [-0.1, -0.05) is 0 Å². The van der Waals surface area contributed by atoms with Gasteiger partial charge in [-0.2, -0.15) is 18.3 Å². The minimum atomic E-state index is -5.08. The Labute approximate surface area is 169 Å². The molecular weight excluding hydrogens is 409 g/mol. The third-order valence-corrected chi connectivity index (χ3v) is 5.96. The van der Waals surface area contributed by atoms with Crippen molar-refractivity contribution in [1.29, 1.82) is 0 Å². The van der Waals surface area contributed by atoms with Crippen LogP contribution in [0.5, 0.6) is 0 Å². The van der Waals surface area contributed by atoms with Crippen molar-refractivity contribution in [1.82, 2.24) is 14.7 Å². The highest BCUT2D eigenvalue weighted by Gasteiger charge is 2.47. The summed E-state index contributed by atoms with van der Waals surface area (Å²) in [6, 6.07) is 5.03. The van der Waals surface area contributed by atoms with Crippen LogP contribution in [0.25, 0.3) is 0 Å². The fourth-order valence-corrected chi connectivity index (χ4v) is 4.68. The third-order valence-electron chi connectivity index (χ3n) is 4.98. The number of likely N-dealkylation sites (tertiary alicyclic amines) is 1. The van der Waals surface area contributed by atoms with Gasteiger partial charge in [0.2, 0.25) is 5.91 Å². The van der Waals surface area contributed by atoms with E-state index in [4.69, 9.17) is 9.90 Å². The fraction of sp³-hybridized carbons (Fsp3) is 0.500. The molecule has 0 unspecified atom stereocenters. The molecule has 11 heteroatoms. The number of fused-ring (bicyclic) bond motifs is 1. The number of halogens is 3. The van der Waals surface area contributed by atoms with Gasteiger partial charge in [0.05, 0.1) is 17.9 Å². The number of carboxylic acids is 1. The smallest absolute Gasteiger partial charge is 0.475 e.